The molecule has 0 aliphatic rings. The highest BCUT2D eigenvalue weighted by Gasteiger charge is 2.24. The Labute approximate surface area is 124 Å². The summed E-state index contributed by atoms with van der Waals surface area (Å²) in [5.41, 5.74) is 0.389. The summed E-state index contributed by atoms with van der Waals surface area (Å²) in [5, 5.41) is 10.2. The highest BCUT2D eigenvalue weighted by molar-refractivity contribution is 7.86. The molecule has 0 amide bonds. The van der Waals surface area contributed by atoms with E-state index in [1.807, 2.05) is 0 Å². The Morgan fingerprint density at radius 2 is 1.52 bits per heavy atom. The van der Waals surface area contributed by atoms with Gasteiger partial charge in [-0.05, 0) is 24.6 Å². The molecule has 0 saturated carbocycles. The molecule has 2 atom stereocenters. The molecule has 120 valence electrons. The van der Waals surface area contributed by atoms with E-state index in [-0.39, 0.29) is 0 Å². The topological polar surface area (TPSA) is 91.3 Å². The van der Waals surface area contributed by atoms with Crippen LogP contribution < -0.4 is 14.2 Å². The van der Waals surface area contributed by atoms with Crippen LogP contribution in [0.2, 0.25) is 0 Å². The molecule has 0 radical (unpaired) electrons. The van der Waals surface area contributed by atoms with E-state index in [4.69, 9.17) is 18.4 Å². The van der Waals surface area contributed by atoms with Gasteiger partial charge in [0, 0.05) is 0 Å². The molecule has 0 aromatic heterocycles. The van der Waals surface area contributed by atoms with Gasteiger partial charge in [0.25, 0.3) is 10.1 Å². The maximum atomic E-state index is 11.1. The first kappa shape index (κ1) is 17.5. The van der Waals surface area contributed by atoms with Gasteiger partial charge >= 0.3 is 0 Å². The normalized spacial score (nSPS) is 14.4. The fourth-order valence-electron chi connectivity index (χ4n) is 1.87. The highest BCUT2D eigenvalue weighted by atomic mass is 32.2. The first-order valence-electron chi connectivity index (χ1n) is 6.09. The molecular formula is C13H20O7S. The minimum Gasteiger partial charge on any atom is -0.493 e. The van der Waals surface area contributed by atoms with Crippen LogP contribution in [-0.2, 0) is 14.3 Å². The third-order valence-electron chi connectivity index (χ3n) is 2.80. The van der Waals surface area contributed by atoms with Crippen LogP contribution in [0.1, 0.15) is 18.6 Å². The molecule has 8 heteroatoms. The minimum atomic E-state index is -3.67. The first-order valence-corrected chi connectivity index (χ1v) is 7.91. The molecule has 0 unspecified atom stereocenters. The van der Waals surface area contributed by atoms with Gasteiger partial charge in [-0.3, -0.25) is 4.18 Å². The second-order valence-corrected chi connectivity index (χ2v) is 6.01. The molecular weight excluding hydrogens is 300 g/mol. The maximum Gasteiger partial charge on any atom is 0.264 e. The molecule has 0 heterocycles. The molecule has 0 spiro atoms. The zero-order valence-corrected chi connectivity index (χ0v) is 13.4. The quantitative estimate of drug-likeness (QED) is 0.752. The van der Waals surface area contributed by atoms with E-state index in [0.717, 1.165) is 6.26 Å². The number of aliphatic hydroxyl groups excluding tert-OH is 1. The maximum absolute atomic E-state index is 11.1. The van der Waals surface area contributed by atoms with Gasteiger partial charge < -0.3 is 19.3 Å². The smallest absolute Gasteiger partial charge is 0.264 e. The van der Waals surface area contributed by atoms with E-state index in [1.165, 1.54) is 40.4 Å². The zero-order valence-electron chi connectivity index (χ0n) is 12.6. The Morgan fingerprint density at radius 1 is 1.05 bits per heavy atom. The van der Waals surface area contributed by atoms with Gasteiger partial charge in [0.05, 0.1) is 27.6 Å². The molecule has 21 heavy (non-hydrogen) atoms. The van der Waals surface area contributed by atoms with Crippen molar-refractivity contribution in [2.24, 2.45) is 0 Å². The lowest BCUT2D eigenvalue weighted by Crippen LogP contribution is -2.22. The van der Waals surface area contributed by atoms with Crippen LogP contribution in [0, 0.1) is 0 Å². The summed E-state index contributed by atoms with van der Waals surface area (Å²) in [6.07, 6.45) is -1.21. The van der Waals surface area contributed by atoms with Crippen molar-refractivity contribution in [3.63, 3.8) is 0 Å². The average molecular weight is 320 g/mol. The fraction of sp³-hybridized carbons (Fsp3) is 0.538. The van der Waals surface area contributed by atoms with Crippen LogP contribution in [0.3, 0.4) is 0 Å². The third-order valence-corrected chi connectivity index (χ3v) is 3.45. The zero-order chi connectivity index (χ0) is 16.2. The van der Waals surface area contributed by atoms with E-state index < -0.39 is 22.3 Å². The number of hydrogen-bond donors (Lipinski definition) is 1. The fourth-order valence-corrected chi connectivity index (χ4v) is 2.53. The van der Waals surface area contributed by atoms with Crippen LogP contribution in [0.15, 0.2) is 12.1 Å². The van der Waals surface area contributed by atoms with Gasteiger partial charge in [-0.15, -0.1) is 0 Å². The van der Waals surface area contributed by atoms with E-state index in [2.05, 4.69) is 0 Å². The van der Waals surface area contributed by atoms with Gasteiger partial charge in [-0.2, -0.15) is 8.42 Å². The molecule has 0 fully saturated rings. The van der Waals surface area contributed by atoms with Gasteiger partial charge in [-0.25, -0.2) is 0 Å². The number of rotatable bonds is 7. The van der Waals surface area contributed by atoms with Gasteiger partial charge in [0.2, 0.25) is 5.75 Å². The Bertz CT molecular complexity index is 557. The van der Waals surface area contributed by atoms with Gasteiger partial charge in [0.1, 0.15) is 12.2 Å². The van der Waals surface area contributed by atoms with Crippen LogP contribution in [0.4, 0.5) is 0 Å². The summed E-state index contributed by atoms with van der Waals surface area (Å²) in [6.45, 7) is 1.45. The molecule has 0 saturated heterocycles. The van der Waals surface area contributed by atoms with E-state index in [1.54, 1.807) is 0 Å². The highest BCUT2D eigenvalue weighted by Crippen LogP contribution is 2.40. The summed E-state index contributed by atoms with van der Waals surface area (Å²) in [6, 6.07) is 3.07. The Balaban J connectivity index is 3.18. The second kappa shape index (κ2) is 6.97. The molecule has 1 N–H and O–H groups in total. The molecule has 0 aliphatic carbocycles. The number of methoxy groups -OCH3 is 3. The second-order valence-electron chi connectivity index (χ2n) is 4.41. The van der Waals surface area contributed by atoms with E-state index in [0.29, 0.717) is 22.8 Å². The number of benzene rings is 1. The summed E-state index contributed by atoms with van der Waals surface area (Å²) in [7, 11) is 0.693. The summed E-state index contributed by atoms with van der Waals surface area (Å²) in [4.78, 5) is 0. The van der Waals surface area contributed by atoms with Crippen molar-refractivity contribution in [1.82, 2.24) is 0 Å². The third kappa shape index (κ3) is 4.48. The predicted molar refractivity (Wildman–Crippen MR) is 76.4 cm³/mol. The lowest BCUT2D eigenvalue weighted by atomic mass is 10.0. The molecule has 0 aliphatic heterocycles. The predicted octanol–water partition coefficient (Wildman–Crippen LogP) is 1.11. The molecule has 1 aromatic carbocycles. The molecule has 1 rings (SSSR count). The Morgan fingerprint density at radius 3 is 1.86 bits per heavy atom. The Kier molecular flexibility index (Phi) is 5.82. The van der Waals surface area contributed by atoms with Crippen molar-refractivity contribution in [2.45, 2.75) is 19.1 Å². The van der Waals surface area contributed by atoms with Crippen molar-refractivity contribution in [1.29, 1.82) is 0 Å². The Hall–Kier alpha value is -1.51. The van der Waals surface area contributed by atoms with E-state index in [9.17, 15) is 13.5 Å². The van der Waals surface area contributed by atoms with Crippen LogP contribution in [0.25, 0.3) is 0 Å². The van der Waals surface area contributed by atoms with Crippen molar-refractivity contribution < 1.29 is 31.9 Å². The summed E-state index contributed by atoms with van der Waals surface area (Å²) in [5.74, 6) is 1.10. The molecule has 1 aromatic rings. The van der Waals surface area contributed by atoms with Crippen molar-refractivity contribution in [3.8, 4) is 17.2 Å². The average Bonchev–Trinajstić information content (AvgIpc) is 2.42. The molecule has 7 nitrogen and oxygen atoms in total. The summed E-state index contributed by atoms with van der Waals surface area (Å²) >= 11 is 0. The van der Waals surface area contributed by atoms with Gasteiger partial charge in [-0.1, -0.05) is 0 Å². The van der Waals surface area contributed by atoms with Crippen LogP contribution in [0.5, 0.6) is 17.2 Å². The number of ether oxygens (including phenoxy) is 3. The van der Waals surface area contributed by atoms with Crippen molar-refractivity contribution in [3.05, 3.63) is 17.7 Å². The monoisotopic (exact) mass is 320 g/mol. The van der Waals surface area contributed by atoms with Crippen LogP contribution >= 0.6 is 0 Å². The lowest BCUT2D eigenvalue weighted by Gasteiger charge is -2.21. The molecule has 0 bridgehead atoms. The van der Waals surface area contributed by atoms with E-state index >= 15 is 0 Å². The number of hydrogen-bond acceptors (Lipinski definition) is 7. The first-order chi connectivity index (χ1) is 9.73. The number of aliphatic hydroxyl groups is 1. The minimum absolute atomic E-state index is 0.359. The van der Waals surface area contributed by atoms with Crippen molar-refractivity contribution in [2.75, 3.05) is 27.6 Å². The van der Waals surface area contributed by atoms with Gasteiger partial charge in [0.15, 0.2) is 11.5 Å². The summed E-state index contributed by atoms with van der Waals surface area (Å²) < 4.78 is 42.5. The lowest BCUT2D eigenvalue weighted by molar-refractivity contribution is 0.0511. The van der Waals surface area contributed by atoms with Crippen LogP contribution in [-0.4, -0.2) is 47.2 Å². The largest absolute Gasteiger partial charge is 0.493 e. The SMILES string of the molecule is COc1cc([C@@H](O)[C@@H](C)OS(C)(=O)=O)cc(OC)c1OC. The standard InChI is InChI=1S/C13H20O7S/c1-8(20-21(5,15)16)12(14)9-6-10(17-2)13(19-4)11(7-9)18-3/h6-8,12,14H,1-5H3/t8-,12+/m1/s1. The van der Waals surface area contributed by atoms with Crippen molar-refractivity contribution >= 4 is 10.1 Å².